The molecule has 0 unspecified atom stereocenters. The van der Waals surface area contributed by atoms with Crippen LogP contribution >= 0.6 is 23.2 Å². The fraction of sp³-hybridized carbons (Fsp3) is 0.414. The number of halogens is 2. The Labute approximate surface area is 231 Å². The minimum atomic E-state index is -0.545. The summed E-state index contributed by atoms with van der Waals surface area (Å²) in [5.41, 5.74) is 1.66. The summed E-state index contributed by atoms with van der Waals surface area (Å²) in [6, 6.07) is 11.9. The maximum absolute atomic E-state index is 13.6. The van der Waals surface area contributed by atoms with Crippen LogP contribution in [0.2, 0.25) is 10.0 Å². The number of aromatic nitrogens is 2. The lowest BCUT2D eigenvalue weighted by Gasteiger charge is -2.56. The molecule has 1 heterocycles. The molecule has 0 saturated heterocycles. The normalized spacial score (nSPS) is 25.4. The van der Waals surface area contributed by atoms with Gasteiger partial charge in [0.2, 0.25) is 0 Å². The highest BCUT2D eigenvalue weighted by atomic mass is 35.5. The Bertz CT molecular complexity index is 1350. The van der Waals surface area contributed by atoms with Crippen LogP contribution in [0.4, 0.5) is 5.69 Å². The van der Waals surface area contributed by atoms with Crippen molar-refractivity contribution in [3.05, 3.63) is 69.5 Å². The fourth-order valence-electron chi connectivity index (χ4n) is 7.04. The van der Waals surface area contributed by atoms with Gasteiger partial charge in [0, 0.05) is 0 Å². The van der Waals surface area contributed by atoms with Crippen molar-refractivity contribution >= 4 is 40.8 Å². The number of hydrogen-bond donors (Lipinski definition) is 2. The van der Waals surface area contributed by atoms with Crippen LogP contribution in [0.1, 0.15) is 65.1 Å². The minimum absolute atomic E-state index is 0.146. The maximum atomic E-state index is 13.6. The summed E-state index contributed by atoms with van der Waals surface area (Å²) < 4.78 is 11.5. The Morgan fingerprint density at radius 1 is 1.00 bits per heavy atom. The fourth-order valence-corrected chi connectivity index (χ4v) is 7.62. The van der Waals surface area contributed by atoms with Gasteiger partial charge in [0.15, 0.2) is 5.69 Å². The van der Waals surface area contributed by atoms with Gasteiger partial charge in [-0.15, -0.1) is 0 Å². The first-order chi connectivity index (χ1) is 18.3. The van der Waals surface area contributed by atoms with E-state index in [4.69, 9.17) is 32.7 Å². The zero-order chi connectivity index (χ0) is 26.4. The Kier molecular flexibility index (Phi) is 6.70. The minimum Gasteiger partial charge on any atom is -0.465 e. The third-order valence-corrected chi connectivity index (χ3v) is 8.91. The third kappa shape index (κ3) is 4.72. The molecule has 2 aromatic carbocycles. The van der Waals surface area contributed by atoms with Gasteiger partial charge in [-0.1, -0.05) is 41.4 Å². The van der Waals surface area contributed by atoms with E-state index in [0.717, 1.165) is 37.0 Å². The lowest BCUT2D eigenvalue weighted by molar-refractivity contribution is -0.169. The van der Waals surface area contributed by atoms with Crippen molar-refractivity contribution in [2.45, 2.75) is 50.7 Å². The topological polar surface area (TPSA) is 93.3 Å². The van der Waals surface area contributed by atoms with E-state index in [2.05, 4.69) is 15.3 Å². The van der Waals surface area contributed by atoms with Crippen molar-refractivity contribution < 1.29 is 19.1 Å². The molecule has 38 heavy (non-hydrogen) atoms. The maximum Gasteiger partial charge on any atom is 0.339 e. The molecular formula is C29H29Cl2N3O4. The van der Waals surface area contributed by atoms with Gasteiger partial charge in [0.1, 0.15) is 5.82 Å². The number of amides is 1. The largest absolute Gasteiger partial charge is 0.465 e. The second kappa shape index (κ2) is 10.0. The van der Waals surface area contributed by atoms with Crippen LogP contribution in [0.15, 0.2) is 42.5 Å². The van der Waals surface area contributed by atoms with E-state index in [0.29, 0.717) is 32.8 Å². The summed E-state index contributed by atoms with van der Waals surface area (Å²) in [6.07, 6.45) is 7.17. The average Bonchev–Trinajstić information content (AvgIpc) is 3.30. The quantitative estimate of drug-likeness (QED) is 0.310. The number of anilines is 1. The first-order valence-electron chi connectivity index (χ1n) is 13.0. The zero-order valence-corrected chi connectivity index (χ0v) is 22.6. The molecular weight excluding hydrogens is 525 g/mol. The number of aromatic amines is 1. The van der Waals surface area contributed by atoms with Crippen molar-refractivity contribution in [2.24, 2.45) is 17.8 Å². The molecule has 7 rings (SSSR count). The summed E-state index contributed by atoms with van der Waals surface area (Å²) in [5.74, 6) is 1.57. The number of methoxy groups -OCH3 is 1. The molecule has 4 fully saturated rings. The molecule has 0 radical (unpaired) electrons. The van der Waals surface area contributed by atoms with E-state index in [-0.39, 0.29) is 23.5 Å². The lowest BCUT2D eigenvalue weighted by atomic mass is 9.54. The van der Waals surface area contributed by atoms with Crippen molar-refractivity contribution in [2.75, 3.05) is 12.4 Å². The highest BCUT2D eigenvalue weighted by Crippen LogP contribution is 2.57. The zero-order valence-electron chi connectivity index (χ0n) is 21.1. The van der Waals surface area contributed by atoms with Crippen LogP contribution in [0, 0.1) is 17.8 Å². The molecule has 0 spiro atoms. The molecule has 2 N–H and O–H groups in total. The van der Waals surface area contributed by atoms with Crippen molar-refractivity contribution in [1.82, 2.24) is 9.97 Å². The van der Waals surface area contributed by atoms with Gasteiger partial charge in [0.25, 0.3) is 5.91 Å². The number of esters is 1. The van der Waals surface area contributed by atoms with Crippen molar-refractivity contribution in [3.63, 3.8) is 0 Å². The number of para-hydroxylation sites is 1. The number of H-pyrrole nitrogens is 1. The molecule has 4 aliphatic rings. The number of nitrogens with zero attached hydrogens (tertiary/aromatic N) is 1. The molecule has 0 aliphatic heterocycles. The van der Waals surface area contributed by atoms with Gasteiger partial charge in [-0.05, 0) is 80.5 Å². The van der Waals surface area contributed by atoms with Gasteiger partial charge in [-0.2, -0.15) is 0 Å². The number of rotatable bonds is 7. The van der Waals surface area contributed by atoms with E-state index in [9.17, 15) is 9.59 Å². The highest BCUT2D eigenvalue weighted by molar-refractivity contribution is 6.39. The predicted octanol–water partition coefficient (Wildman–Crippen LogP) is 6.91. The van der Waals surface area contributed by atoms with Gasteiger partial charge in [-0.3, -0.25) is 4.79 Å². The highest BCUT2D eigenvalue weighted by Gasteiger charge is 2.51. The molecule has 4 aliphatic carbocycles. The molecule has 4 bridgehead atoms. The standard InChI is InChI=1S/C29H29Cl2N3O4/c1-37-28(36)19-5-2-3-8-22(19)33-27(35)25-23(32-26(34-25)24-20(30)6-4-7-21(24)31)15-38-29-12-16-9-17(13-29)11-18(10-16)14-29/h2-8,16-18H,9-15H2,1H3,(H,32,34)(H,33,35). The monoisotopic (exact) mass is 553 g/mol. The lowest BCUT2D eigenvalue weighted by Crippen LogP contribution is -2.51. The predicted molar refractivity (Wildman–Crippen MR) is 145 cm³/mol. The van der Waals surface area contributed by atoms with Crippen molar-refractivity contribution in [1.29, 1.82) is 0 Å². The SMILES string of the molecule is COC(=O)c1ccccc1NC(=O)c1nc(-c2c(Cl)cccc2Cl)[nH]c1COC12CC3CC(CC(C3)C1)C2. The number of imidazole rings is 1. The van der Waals surface area contributed by atoms with E-state index >= 15 is 0 Å². The molecule has 1 amide bonds. The Hall–Kier alpha value is -2.87. The van der Waals surface area contributed by atoms with E-state index in [1.54, 1.807) is 42.5 Å². The molecule has 1 aromatic heterocycles. The number of carbonyl (C=O) groups excluding carboxylic acids is 2. The second-order valence-corrected chi connectivity index (χ2v) is 11.7. The molecule has 7 nitrogen and oxygen atoms in total. The molecule has 3 aromatic rings. The Morgan fingerprint density at radius 3 is 2.26 bits per heavy atom. The molecule has 198 valence electrons. The van der Waals surface area contributed by atoms with Crippen LogP contribution in [0.5, 0.6) is 0 Å². The Morgan fingerprint density at radius 2 is 1.63 bits per heavy atom. The first kappa shape index (κ1) is 25.4. The third-order valence-electron chi connectivity index (χ3n) is 8.28. The summed E-state index contributed by atoms with van der Waals surface area (Å²) in [6.45, 7) is 0.211. The van der Waals surface area contributed by atoms with Gasteiger partial charge in [-0.25, -0.2) is 9.78 Å². The molecule has 9 heteroatoms. The van der Waals surface area contributed by atoms with E-state index in [1.807, 2.05) is 0 Å². The van der Waals surface area contributed by atoms with Crippen LogP contribution in [0.25, 0.3) is 11.4 Å². The van der Waals surface area contributed by atoms with Crippen LogP contribution in [0.3, 0.4) is 0 Å². The number of benzene rings is 2. The summed E-state index contributed by atoms with van der Waals surface area (Å²) in [5, 5.41) is 3.66. The summed E-state index contributed by atoms with van der Waals surface area (Å²) >= 11 is 12.9. The molecule has 0 atom stereocenters. The summed E-state index contributed by atoms with van der Waals surface area (Å²) in [4.78, 5) is 33.7. The van der Waals surface area contributed by atoms with Crippen LogP contribution < -0.4 is 5.32 Å². The molecule has 4 saturated carbocycles. The first-order valence-corrected chi connectivity index (χ1v) is 13.8. The van der Waals surface area contributed by atoms with Gasteiger partial charge in [0.05, 0.1) is 51.9 Å². The van der Waals surface area contributed by atoms with Crippen molar-refractivity contribution in [3.8, 4) is 11.4 Å². The van der Waals surface area contributed by atoms with E-state index in [1.165, 1.54) is 26.4 Å². The second-order valence-electron chi connectivity index (χ2n) is 10.9. The number of nitrogens with one attached hydrogen (secondary N) is 2. The van der Waals surface area contributed by atoms with E-state index < -0.39 is 11.9 Å². The average molecular weight is 554 g/mol. The van der Waals surface area contributed by atoms with Gasteiger partial charge < -0.3 is 19.8 Å². The summed E-state index contributed by atoms with van der Waals surface area (Å²) in [7, 11) is 1.30. The van der Waals surface area contributed by atoms with Gasteiger partial charge >= 0.3 is 5.97 Å². The number of carbonyl (C=O) groups is 2. The van der Waals surface area contributed by atoms with Crippen LogP contribution in [-0.2, 0) is 16.1 Å². The smallest absolute Gasteiger partial charge is 0.339 e. The number of ether oxygens (including phenoxy) is 2. The Balaban J connectivity index is 1.32. The van der Waals surface area contributed by atoms with Crippen LogP contribution in [-0.4, -0.2) is 34.6 Å². The number of hydrogen-bond acceptors (Lipinski definition) is 5.